The number of hydrogen-bond acceptors (Lipinski definition) is 2. The lowest BCUT2D eigenvalue weighted by Gasteiger charge is -2.38. The molecule has 1 atom stereocenters. The van der Waals surface area contributed by atoms with Crippen molar-refractivity contribution in [1.29, 1.82) is 0 Å². The molecule has 0 heterocycles. The Bertz CT molecular complexity index is 401. The number of hydrogen-bond donors (Lipinski definition) is 1. The fourth-order valence-corrected chi connectivity index (χ4v) is 2.80. The summed E-state index contributed by atoms with van der Waals surface area (Å²) in [6.45, 7) is 3.43. The zero-order valence-corrected chi connectivity index (χ0v) is 12.5. The first-order chi connectivity index (χ1) is 9.15. The molecule has 0 aliphatic rings. The van der Waals surface area contributed by atoms with E-state index in [1.165, 1.54) is 11.9 Å². The van der Waals surface area contributed by atoms with Crippen molar-refractivity contribution in [3.63, 3.8) is 0 Å². The van der Waals surface area contributed by atoms with Crippen molar-refractivity contribution in [3.8, 4) is 0 Å². The SMILES string of the molecule is CNC(c1ccccc1)C(C)(C)CN(C)CC(F)(F)F. The van der Waals surface area contributed by atoms with Crippen LogP contribution in [0.4, 0.5) is 13.2 Å². The maximum absolute atomic E-state index is 12.4. The van der Waals surface area contributed by atoms with E-state index in [9.17, 15) is 13.2 Å². The quantitative estimate of drug-likeness (QED) is 0.862. The summed E-state index contributed by atoms with van der Waals surface area (Å²) in [5.74, 6) is 0. The summed E-state index contributed by atoms with van der Waals surface area (Å²) in [5.41, 5.74) is 0.760. The highest BCUT2D eigenvalue weighted by atomic mass is 19.4. The van der Waals surface area contributed by atoms with Crippen molar-refractivity contribution in [3.05, 3.63) is 35.9 Å². The average molecular weight is 288 g/mol. The van der Waals surface area contributed by atoms with Gasteiger partial charge < -0.3 is 5.32 Å². The summed E-state index contributed by atoms with van der Waals surface area (Å²) >= 11 is 0. The van der Waals surface area contributed by atoms with Gasteiger partial charge in [-0.15, -0.1) is 0 Å². The minimum absolute atomic E-state index is 0.000571. The lowest BCUT2D eigenvalue weighted by molar-refractivity contribution is -0.145. The van der Waals surface area contributed by atoms with E-state index >= 15 is 0 Å². The van der Waals surface area contributed by atoms with E-state index in [0.717, 1.165) is 5.56 Å². The first-order valence-corrected chi connectivity index (χ1v) is 6.63. The van der Waals surface area contributed by atoms with Gasteiger partial charge in [-0.2, -0.15) is 13.2 Å². The summed E-state index contributed by atoms with van der Waals surface area (Å²) in [6.07, 6.45) is -4.16. The number of halogens is 3. The largest absolute Gasteiger partial charge is 0.401 e. The second kappa shape index (κ2) is 6.59. The van der Waals surface area contributed by atoms with Crippen LogP contribution in [-0.4, -0.2) is 38.3 Å². The third-order valence-corrected chi connectivity index (χ3v) is 3.33. The van der Waals surface area contributed by atoms with Gasteiger partial charge in [0.2, 0.25) is 0 Å². The number of nitrogens with zero attached hydrogens (tertiary/aromatic N) is 1. The fraction of sp³-hybridized carbons (Fsp3) is 0.600. The first kappa shape index (κ1) is 17.0. The lowest BCUT2D eigenvalue weighted by atomic mass is 9.80. The first-order valence-electron chi connectivity index (χ1n) is 6.63. The van der Waals surface area contributed by atoms with E-state index in [2.05, 4.69) is 5.32 Å². The number of rotatable bonds is 6. The summed E-state index contributed by atoms with van der Waals surface area (Å²) in [6, 6.07) is 9.79. The highest BCUT2D eigenvalue weighted by Gasteiger charge is 2.35. The standard InChI is InChI=1S/C15H23F3N2/c1-14(2,10-20(4)11-15(16,17)18)13(19-3)12-8-6-5-7-9-12/h5-9,13,19H,10-11H2,1-4H3. The van der Waals surface area contributed by atoms with Crippen LogP contribution in [0.3, 0.4) is 0 Å². The van der Waals surface area contributed by atoms with Crippen LogP contribution in [-0.2, 0) is 0 Å². The molecule has 0 saturated heterocycles. The molecule has 0 amide bonds. The van der Waals surface area contributed by atoms with Crippen LogP contribution in [0.2, 0.25) is 0 Å². The van der Waals surface area contributed by atoms with Crippen LogP contribution in [0.15, 0.2) is 30.3 Å². The van der Waals surface area contributed by atoms with Crippen molar-refractivity contribution >= 4 is 0 Å². The molecule has 1 unspecified atom stereocenters. The van der Waals surface area contributed by atoms with E-state index in [1.807, 2.05) is 51.2 Å². The fourth-order valence-electron chi connectivity index (χ4n) is 2.80. The molecule has 0 aromatic heterocycles. The molecule has 2 nitrogen and oxygen atoms in total. The number of alkyl halides is 3. The molecule has 0 aliphatic heterocycles. The zero-order valence-electron chi connectivity index (χ0n) is 12.5. The van der Waals surface area contributed by atoms with Gasteiger partial charge in [0.25, 0.3) is 0 Å². The molecule has 5 heteroatoms. The smallest absolute Gasteiger partial charge is 0.313 e. The van der Waals surface area contributed by atoms with E-state index in [1.54, 1.807) is 0 Å². The molecule has 1 aromatic carbocycles. The number of nitrogens with one attached hydrogen (secondary N) is 1. The third kappa shape index (κ3) is 5.13. The molecule has 20 heavy (non-hydrogen) atoms. The molecule has 114 valence electrons. The molecule has 1 N–H and O–H groups in total. The zero-order chi connectivity index (χ0) is 15.4. The molecule has 0 spiro atoms. The Kier molecular flexibility index (Phi) is 5.59. The molecule has 0 aliphatic carbocycles. The van der Waals surface area contributed by atoms with E-state index in [4.69, 9.17) is 0 Å². The minimum atomic E-state index is -4.16. The van der Waals surface area contributed by atoms with Crippen LogP contribution < -0.4 is 5.32 Å². The second-order valence-corrected chi connectivity index (χ2v) is 5.91. The minimum Gasteiger partial charge on any atom is -0.313 e. The lowest BCUT2D eigenvalue weighted by Crippen LogP contribution is -2.43. The Balaban J connectivity index is 2.80. The topological polar surface area (TPSA) is 15.3 Å². The van der Waals surface area contributed by atoms with Gasteiger partial charge in [-0.1, -0.05) is 44.2 Å². The van der Waals surface area contributed by atoms with Gasteiger partial charge in [-0.05, 0) is 25.1 Å². The predicted molar refractivity (Wildman–Crippen MR) is 75.6 cm³/mol. The van der Waals surface area contributed by atoms with E-state index in [0.29, 0.717) is 6.54 Å². The summed E-state index contributed by atoms with van der Waals surface area (Å²) < 4.78 is 37.3. The molecule has 1 aromatic rings. The van der Waals surface area contributed by atoms with Crippen LogP contribution in [0.5, 0.6) is 0 Å². The normalized spacial score (nSPS) is 14.6. The van der Waals surface area contributed by atoms with Gasteiger partial charge in [0, 0.05) is 12.6 Å². The maximum Gasteiger partial charge on any atom is 0.401 e. The Morgan fingerprint density at radius 2 is 1.65 bits per heavy atom. The van der Waals surface area contributed by atoms with Crippen LogP contribution in [0, 0.1) is 5.41 Å². The van der Waals surface area contributed by atoms with Crippen molar-refractivity contribution in [2.45, 2.75) is 26.1 Å². The van der Waals surface area contributed by atoms with Gasteiger partial charge in [0.15, 0.2) is 0 Å². The molecule has 1 rings (SSSR count). The predicted octanol–water partition coefficient (Wildman–Crippen LogP) is 3.47. The molecule has 0 saturated carbocycles. The van der Waals surface area contributed by atoms with Crippen LogP contribution >= 0.6 is 0 Å². The van der Waals surface area contributed by atoms with Crippen molar-refractivity contribution < 1.29 is 13.2 Å². The van der Waals surface area contributed by atoms with Crippen molar-refractivity contribution in [2.75, 3.05) is 27.2 Å². The molecule has 0 radical (unpaired) electrons. The molecular formula is C15H23F3N2. The van der Waals surface area contributed by atoms with Gasteiger partial charge in [0.1, 0.15) is 0 Å². The van der Waals surface area contributed by atoms with Gasteiger partial charge in [0.05, 0.1) is 6.54 Å². The average Bonchev–Trinajstić information content (AvgIpc) is 2.27. The van der Waals surface area contributed by atoms with Gasteiger partial charge in [-0.3, -0.25) is 4.90 Å². The highest BCUT2D eigenvalue weighted by molar-refractivity contribution is 5.21. The molecule has 0 bridgehead atoms. The van der Waals surface area contributed by atoms with E-state index in [-0.39, 0.29) is 11.5 Å². The Hall–Kier alpha value is -1.07. The van der Waals surface area contributed by atoms with Crippen LogP contribution in [0.1, 0.15) is 25.5 Å². The Morgan fingerprint density at radius 1 is 1.10 bits per heavy atom. The summed E-state index contributed by atoms with van der Waals surface area (Å²) in [4.78, 5) is 1.33. The molecular weight excluding hydrogens is 265 g/mol. The van der Waals surface area contributed by atoms with E-state index < -0.39 is 12.7 Å². The van der Waals surface area contributed by atoms with Crippen LogP contribution in [0.25, 0.3) is 0 Å². The Labute approximate surface area is 119 Å². The van der Waals surface area contributed by atoms with Gasteiger partial charge >= 0.3 is 6.18 Å². The van der Waals surface area contributed by atoms with Gasteiger partial charge in [-0.25, -0.2) is 0 Å². The monoisotopic (exact) mass is 288 g/mol. The summed E-state index contributed by atoms with van der Waals surface area (Å²) in [7, 11) is 3.34. The maximum atomic E-state index is 12.4. The highest BCUT2D eigenvalue weighted by Crippen LogP contribution is 2.34. The molecule has 0 fully saturated rings. The third-order valence-electron chi connectivity index (χ3n) is 3.33. The van der Waals surface area contributed by atoms with Crippen molar-refractivity contribution in [1.82, 2.24) is 10.2 Å². The summed E-state index contributed by atoms with van der Waals surface area (Å²) in [5, 5.41) is 3.22. The van der Waals surface area contributed by atoms with Crippen molar-refractivity contribution in [2.24, 2.45) is 5.41 Å². The second-order valence-electron chi connectivity index (χ2n) is 5.91. The Morgan fingerprint density at radius 3 is 2.10 bits per heavy atom. The number of benzene rings is 1.